The molecule has 1 aromatic carbocycles. The predicted molar refractivity (Wildman–Crippen MR) is 67.2 cm³/mol. The topological polar surface area (TPSA) is 35.5 Å². The van der Waals surface area contributed by atoms with Crippen LogP contribution in [-0.4, -0.2) is 25.8 Å². The van der Waals surface area contributed by atoms with Crippen LogP contribution in [0.25, 0.3) is 0 Å². The molecule has 0 spiro atoms. The van der Waals surface area contributed by atoms with Crippen molar-refractivity contribution in [3.8, 4) is 0 Å². The summed E-state index contributed by atoms with van der Waals surface area (Å²) < 4.78 is 10.4. The Morgan fingerprint density at radius 1 is 1.29 bits per heavy atom. The van der Waals surface area contributed by atoms with Gasteiger partial charge in [-0.3, -0.25) is 0 Å². The zero-order chi connectivity index (χ0) is 12.7. The normalized spacial score (nSPS) is 12.2. The van der Waals surface area contributed by atoms with Crippen molar-refractivity contribution < 1.29 is 14.3 Å². The third-order valence-electron chi connectivity index (χ3n) is 2.63. The lowest BCUT2D eigenvalue weighted by Gasteiger charge is -2.14. The maximum Gasteiger partial charge on any atom is 0.338 e. The first-order chi connectivity index (χ1) is 8.17. The highest BCUT2D eigenvalue weighted by molar-refractivity contribution is 5.89. The first kappa shape index (κ1) is 13.7. The summed E-state index contributed by atoms with van der Waals surface area (Å²) in [4.78, 5) is 11.7. The number of ether oxygens (including phenoxy) is 2. The van der Waals surface area contributed by atoms with Crippen LogP contribution in [0, 0.1) is 6.92 Å². The quantitative estimate of drug-likeness (QED) is 0.712. The van der Waals surface area contributed by atoms with Crippen LogP contribution in [0.5, 0.6) is 0 Å². The molecule has 0 aromatic heterocycles. The summed E-state index contributed by atoms with van der Waals surface area (Å²) in [6.45, 7) is 4.38. The van der Waals surface area contributed by atoms with Crippen LogP contribution in [0.4, 0.5) is 0 Å². The molecule has 0 saturated heterocycles. The maximum atomic E-state index is 11.7. The summed E-state index contributed by atoms with van der Waals surface area (Å²) in [6.07, 6.45) is 1.91. The highest BCUT2D eigenvalue weighted by atomic mass is 16.6. The molecule has 0 bridgehead atoms. The Kier molecular flexibility index (Phi) is 5.70. The van der Waals surface area contributed by atoms with Crippen molar-refractivity contribution in [3.05, 3.63) is 35.4 Å². The minimum atomic E-state index is -0.289. The van der Waals surface area contributed by atoms with E-state index in [1.54, 1.807) is 19.2 Å². The van der Waals surface area contributed by atoms with E-state index < -0.39 is 0 Å². The van der Waals surface area contributed by atoms with Gasteiger partial charge in [-0.05, 0) is 25.5 Å². The van der Waals surface area contributed by atoms with E-state index in [0.717, 1.165) is 18.4 Å². The molecule has 1 rings (SSSR count). The first-order valence-corrected chi connectivity index (χ1v) is 5.94. The number of hydrogen-bond acceptors (Lipinski definition) is 3. The highest BCUT2D eigenvalue weighted by Gasteiger charge is 2.11. The fourth-order valence-corrected chi connectivity index (χ4v) is 1.53. The molecule has 94 valence electrons. The van der Waals surface area contributed by atoms with Gasteiger partial charge < -0.3 is 9.47 Å². The van der Waals surface area contributed by atoms with E-state index in [1.165, 1.54) is 0 Å². The number of carbonyl (C=O) groups is 1. The van der Waals surface area contributed by atoms with E-state index in [-0.39, 0.29) is 12.1 Å². The first-order valence-electron chi connectivity index (χ1n) is 5.94. The molecule has 0 fully saturated rings. The zero-order valence-electron chi connectivity index (χ0n) is 10.7. The molecule has 1 unspecified atom stereocenters. The zero-order valence-corrected chi connectivity index (χ0v) is 10.7. The second kappa shape index (κ2) is 7.07. The Bertz CT molecular complexity index is 343. The smallest absolute Gasteiger partial charge is 0.338 e. The molecule has 0 aliphatic heterocycles. The van der Waals surface area contributed by atoms with Gasteiger partial charge in [0.1, 0.15) is 6.61 Å². The summed E-state index contributed by atoms with van der Waals surface area (Å²) in [5.41, 5.74) is 1.71. The molecule has 0 amide bonds. The van der Waals surface area contributed by atoms with Crippen molar-refractivity contribution in [2.45, 2.75) is 32.8 Å². The van der Waals surface area contributed by atoms with Gasteiger partial charge in [0.2, 0.25) is 0 Å². The Morgan fingerprint density at radius 3 is 2.47 bits per heavy atom. The van der Waals surface area contributed by atoms with Crippen molar-refractivity contribution in [3.63, 3.8) is 0 Å². The van der Waals surface area contributed by atoms with E-state index in [2.05, 4.69) is 6.92 Å². The summed E-state index contributed by atoms with van der Waals surface area (Å²) in [7, 11) is 1.64. The molecule has 0 aliphatic rings. The standard InChI is InChI=1S/C14H20O3/c1-4-5-13(16-3)10-17-14(15)12-8-6-11(2)7-9-12/h6-9,13H,4-5,10H2,1-3H3. The molecule has 17 heavy (non-hydrogen) atoms. The van der Waals surface area contributed by atoms with E-state index in [4.69, 9.17) is 9.47 Å². The van der Waals surface area contributed by atoms with E-state index in [0.29, 0.717) is 12.2 Å². The maximum absolute atomic E-state index is 11.7. The molecule has 3 nitrogen and oxygen atoms in total. The third kappa shape index (κ3) is 4.57. The van der Waals surface area contributed by atoms with Gasteiger partial charge >= 0.3 is 5.97 Å². The van der Waals surface area contributed by atoms with Crippen LogP contribution in [0.1, 0.15) is 35.7 Å². The van der Waals surface area contributed by atoms with E-state index in [1.807, 2.05) is 19.1 Å². The van der Waals surface area contributed by atoms with E-state index in [9.17, 15) is 4.79 Å². The number of rotatable bonds is 6. The monoisotopic (exact) mass is 236 g/mol. The lowest BCUT2D eigenvalue weighted by Crippen LogP contribution is -2.20. The summed E-state index contributed by atoms with van der Waals surface area (Å²) in [5, 5.41) is 0. The molecular weight excluding hydrogens is 216 g/mol. The molecular formula is C14H20O3. The van der Waals surface area contributed by atoms with Crippen LogP contribution < -0.4 is 0 Å². The van der Waals surface area contributed by atoms with Crippen molar-refractivity contribution >= 4 is 5.97 Å². The van der Waals surface area contributed by atoms with Gasteiger partial charge in [-0.1, -0.05) is 31.0 Å². The fourth-order valence-electron chi connectivity index (χ4n) is 1.53. The largest absolute Gasteiger partial charge is 0.459 e. The summed E-state index contributed by atoms with van der Waals surface area (Å²) in [5.74, 6) is -0.289. The van der Waals surface area contributed by atoms with Gasteiger partial charge in [-0.25, -0.2) is 4.79 Å². The van der Waals surface area contributed by atoms with Crippen molar-refractivity contribution in [1.29, 1.82) is 0 Å². The van der Waals surface area contributed by atoms with Crippen LogP contribution in [0.3, 0.4) is 0 Å². The van der Waals surface area contributed by atoms with Gasteiger partial charge in [0, 0.05) is 7.11 Å². The number of methoxy groups -OCH3 is 1. The Labute approximate surface area is 103 Å². The number of esters is 1. The van der Waals surface area contributed by atoms with Crippen LogP contribution in [-0.2, 0) is 9.47 Å². The molecule has 0 N–H and O–H groups in total. The molecule has 1 atom stereocenters. The predicted octanol–water partition coefficient (Wildman–Crippen LogP) is 2.97. The second-order valence-corrected chi connectivity index (χ2v) is 4.11. The van der Waals surface area contributed by atoms with E-state index >= 15 is 0 Å². The number of carbonyl (C=O) groups excluding carboxylic acids is 1. The minimum Gasteiger partial charge on any atom is -0.459 e. The van der Waals surface area contributed by atoms with Crippen LogP contribution in [0.15, 0.2) is 24.3 Å². The molecule has 0 aliphatic carbocycles. The average Bonchev–Trinajstić information content (AvgIpc) is 2.35. The van der Waals surface area contributed by atoms with Crippen molar-refractivity contribution in [2.75, 3.05) is 13.7 Å². The van der Waals surface area contributed by atoms with Crippen LogP contribution >= 0.6 is 0 Å². The van der Waals surface area contributed by atoms with Gasteiger partial charge in [0.25, 0.3) is 0 Å². The SMILES string of the molecule is CCCC(COC(=O)c1ccc(C)cc1)OC. The van der Waals surface area contributed by atoms with Crippen molar-refractivity contribution in [1.82, 2.24) is 0 Å². The van der Waals surface area contributed by atoms with Gasteiger partial charge in [0.05, 0.1) is 11.7 Å². The van der Waals surface area contributed by atoms with Crippen LogP contribution in [0.2, 0.25) is 0 Å². The Hall–Kier alpha value is -1.35. The lowest BCUT2D eigenvalue weighted by molar-refractivity contribution is 0.00781. The molecule has 0 radical (unpaired) electrons. The molecule has 0 heterocycles. The third-order valence-corrected chi connectivity index (χ3v) is 2.63. The molecule has 3 heteroatoms. The molecule has 1 aromatic rings. The number of aryl methyl sites for hydroxylation is 1. The van der Waals surface area contributed by atoms with Gasteiger partial charge in [-0.2, -0.15) is 0 Å². The van der Waals surface area contributed by atoms with Gasteiger partial charge in [-0.15, -0.1) is 0 Å². The Morgan fingerprint density at radius 2 is 1.94 bits per heavy atom. The summed E-state index contributed by atoms with van der Waals surface area (Å²) in [6, 6.07) is 7.35. The molecule has 0 saturated carbocycles. The average molecular weight is 236 g/mol. The number of benzene rings is 1. The number of hydrogen-bond donors (Lipinski definition) is 0. The van der Waals surface area contributed by atoms with Gasteiger partial charge in [0.15, 0.2) is 0 Å². The summed E-state index contributed by atoms with van der Waals surface area (Å²) >= 11 is 0. The lowest BCUT2D eigenvalue weighted by atomic mass is 10.1. The van der Waals surface area contributed by atoms with Crippen molar-refractivity contribution in [2.24, 2.45) is 0 Å². The fraction of sp³-hybridized carbons (Fsp3) is 0.500. The minimum absolute atomic E-state index is 0.00519. The second-order valence-electron chi connectivity index (χ2n) is 4.11. The highest BCUT2D eigenvalue weighted by Crippen LogP contribution is 2.07. The Balaban J connectivity index is 2.46.